The topological polar surface area (TPSA) is 92.5 Å². The highest BCUT2D eigenvalue weighted by Crippen LogP contribution is 2.25. The minimum absolute atomic E-state index is 0.0250. The van der Waals surface area contributed by atoms with Gasteiger partial charge in [-0.15, -0.1) is 0 Å². The molecule has 2 rings (SSSR count). The van der Waals surface area contributed by atoms with E-state index >= 15 is 0 Å². The van der Waals surface area contributed by atoms with E-state index in [1.165, 1.54) is 6.07 Å². The first-order valence-electron chi connectivity index (χ1n) is 6.56. The molecule has 0 bridgehead atoms. The Kier molecular flexibility index (Phi) is 4.72. The number of piperazine rings is 1. The van der Waals surface area contributed by atoms with Gasteiger partial charge >= 0.3 is 0 Å². The van der Waals surface area contributed by atoms with Crippen molar-refractivity contribution in [3.05, 3.63) is 27.7 Å². The van der Waals surface area contributed by atoms with Crippen LogP contribution in [0, 0.1) is 6.92 Å². The minimum atomic E-state index is -3.87. The molecule has 1 aliphatic rings. The number of hydrogen-bond acceptors (Lipinski definition) is 4. The zero-order valence-corrected chi connectivity index (χ0v) is 14.3. The average Bonchev–Trinajstić information content (AvgIpc) is 2.39. The Morgan fingerprint density at radius 1 is 1.48 bits per heavy atom. The highest BCUT2D eigenvalue weighted by molar-refractivity contribution is 9.10. The number of primary sulfonamides is 1. The second-order valence-corrected chi connectivity index (χ2v) is 7.62. The van der Waals surface area contributed by atoms with Crippen LogP contribution in [0.25, 0.3) is 0 Å². The maximum Gasteiger partial charge on any atom is 0.254 e. The third kappa shape index (κ3) is 3.45. The fraction of sp³-hybridized carbons (Fsp3) is 0.462. The molecule has 1 atom stereocenters. The molecule has 0 aromatic heterocycles. The molecule has 1 aliphatic heterocycles. The van der Waals surface area contributed by atoms with Crippen molar-refractivity contribution in [3.63, 3.8) is 0 Å². The second-order valence-electron chi connectivity index (χ2n) is 5.17. The van der Waals surface area contributed by atoms with Gasteiger partial charge in [0.2, 0.25) is 10.0 Å². The maximum atomic E-state index is 12.7. The summed E-state index contributed by atoms with van der Waals surface area (Å²) in [5.41, 5.74) is 0.749. The first-order chi connectivity index (χ1) is 9.71. The summed E-state index contributed by atoms with van der Waals surface area (Å²) in [6, 6.07) is 3.12. The van der Waals surface area contributed by atoms with Crippen LogP contribution in [-0.2, 0) is 10.0 Å². The molecule has 1 aromatic carbocycles. The SMILES string of the molecule is Cc1c(C(=O)N2CCNC[C@H]2C)cc(Br)cc1S(N)(=O)=O. The Morgan fingerprint density at radius 3 is 2.71 bits per heavy atom. The van der Waals surface area contributed by atoms with E-state index in [0.29, 0.717) is 22.1 Å². The Labute approximate surface area is 132 Å². The molecule has 1 fully saturated rings. The van der Waals surface area contributed by atoms with Gasteiger partial charge in [0.05, 0.1) is 4.90 Å². The van der Waals surface area contributed by atoms with Crippen molar-refractivity contribution >= 4 is 31.9 Å². The van der Waals surface area contributed by atoms with Crippen LogP contribution in [0.2, 0.25) is 0 Å². The molecule has 8 heteroatoms. The Morgan fingerprint density at radius 2 is 2.14 bits per heavy atom. The molecule has 0 unspecified atom stereocenters. The van der Waals surface area contributed by atoms with Crippen LogP contribution in [-0.4, -0.2) is 44.9 Å². The molecule has 6 nitrogen and oxygen atoms in total. The van der Waals surface area contributed by atoms with E-state index < -0.39 is 10.0 Å². The molecule has 1 amide bonds. The molecule has 21 heavy (non-hydrogen) atoms. The van der Waals surface area contributed by atoms with Crippen molar-refractivity contribution in [2.24, 2.45) is 5.14 Å². The monoisotopic (exact) mass is 375 g/mol. The molecule has 116 valence electrons. The number of halogens is 1. The van der Waals surface area contributed by atoms with Gasteiger partial charge in [-0.25, -0.2) is 13.6 Å². The van der Waals surface area contributed by atoms with Gasteiger partial charge in [0.25, 0.3) is 5.91 Å². The predicted octanol–water partition coefficient (Wildman–Crippen LogP) is 0.839. The van der Waals surface area contributed by atoms with Gasteiger partial charge in [0.15, 0.2) is 0 Å². The quantitative estimate of drug-likeness (QED) is 0.800. The maximum absolute atomic E-state index is 12.7. The summed E-state index contributed by atoms with van der Waals surface area (Å²) >= 11 is 3.24. The van der Waals surface area contributed by atoms with Crippen LogP contribution in [0.1, 0.15) is 22.8 Å². The van der Waals surface area contributed by atoms with Gasteiger partial charge in [-0.2, -0.15) is 0 Å². The van der Waals surface area contributed by atoms with E-state index in [2.05, 4.69) is 21.2 Å². The van der Waals surface area contributed by atoms with Crippen LogP contribution < -0.4 is 10.5 Å². The zero-order valence-electron chi connectivity index (χ0n) is 11.9. The van der Waals surface area contributed by atoms with Gasteiger partial charge in [0.1, 0.15) is 0 Å². The van der Waals surface area contributed by atoms with Crippen molar-refractivity contribution < 1.29 is 13.2 Å². The minimum Gasteiger partial charge on any atom is -0.333 e. The normalized spacial score (nSPS) is 19.6. The van der Waals surface area contributed by atoms with Crippen LogP contribution in [0.5, 0.6) is 0 Å². The lowest BCUT2D eigenvalue weighted by molar-refractivity contribution is 0.0654. The molecule has 3 N–H and O–H groups in total. The van der Waals surface area contributed by atoms with E-state index in [1.807, 2.05) is 6.92 Å². The number of nitrogens with zero attached hydrogens (tertiary/aromatic N) is 1. The van der Waals surface area contributed by atoms with Crippen molar-refractivity contribution in [1.82, 2.24) is 10.2 Å². The van der Waals surface area contributed by atoms with E-state index in [4.69, 9.17) is 5.14 Å². The summed E-state index contributed by atoms with van der Waals surface area (Å²) in [5, 5.41) is 8.43. The van der Waals surface area contributed by atoms with Gasteiger partial charge in [0, 0.05) is 35.7 Å². The van der Waals surface area contributed by atoms with Gasteiger partial charge in [-0.3, -0.25) is 4.79 Å². The molecular formula is C13H18BrN3O3S. The summed E-state index contributed by atoms with van der Waals surface area (Å²) in [5.74, 6) is -0.173. The van der Waals surface area contributed by atoms with Crippen molar-refractivity contribution in [2.45, 2.75) is 24.8 Å². The molecule has 1 saturated heterocycles. The largest absolute Gasteiger partial charge is 0.333 e. The van der Waals surface area contributed by atoms with Crippen LogP contribution in [0.15, 0.2) is 21.5 Å². The molecule has 1 aromatic rings. The first kappa shape index (κ1) is 16.4. The third-order valence-corrected chi connectivity index (χ3v) is 5.12. The number of nitrogens with two attached hydrogens (primary N) is 1. The molecule has 0 aliphatic carbocycles. The Bertz CT molecular complexity index is 675. The fourth-order valence-electron chi connectivity index (χ4n) is 2.47. The summed E-state index contributed by atoms with van der Waals surface area (Å²) in [4.78, 5) is 14.4. The number of carbonyl (C=O) groups excluding carboxylic acids is 1. The Hall–Kier alpha value is -0.960. The van der Waals surface area contributed by atoms with Crippen LogP contribution >= 0.6 is 15.9 Å². The lowest BCUT2D eigenvalue weighted by Crippen LogP contribution is -2.52. The highest BCUT2D eigenvalue weighted by Gasteiger charge is 2.27. The summed E-state index contributed by atoms with van der Waals surface area (Å²) in [6.07, 6.45) is 0. The summed E-state index contributed by atoms with van der Waals surface area (Å²) < 4.78 is 23.8. The van der Waals surface area contributed by atoms with Crippen molar-refractivity contribution in [1.29, 1.82) is 0 Å². The third-order valence-electron chi connectivity index (χ3n) is 3.62. The van der Waals surface area contributed by atoms with Crippen LogP contribution in [0.4, 0.5) is 0 Å². The van der Waals surface area contributed by atoms with E-state index in [1.54, 1.807) is 17.9 Å². The van der Waals surface area contributed by atoms with E-state index in [0.717, 1.165) is 13.1 Å². The number of sulfonamides is 1. The smallest absolute Gasteiger partial charge is 0.254 e. The predicted molar refractivity (Wildman–Crippen MR) is 83.6 cm³/mol. The van der Waals surface area contributed by atoms with Crippen molar-refractivity contribution in [3.8, 4) is 0 Å². The fourth-order valence-corrected chi connectivity index (χ4v) is 3.91. The van der Waals surface area contributed by atoms with E-state index in [-0.39, 0.29) is 16.8 Å². The van der Waals surface area contributed by atoms with Gasteiger partial charge < -0.3 is 10.2 Å². The lowest BCUT2D eigenvalue weighted by atomic mass is 10.1. The average molecular weight is 376 g/mol. The number of benzene rings is 1. The summed E-state index contributed by atoms with van der Waals surface area (Å²) in [6.45, 7) is 5.60. The molecular weight excluding hydrogens is 358 g/mol. The zero-order chi connectivity index (χ0) is 15.8. The van der Waals surface area contributed by atoms with Gasteiger partial charge in [-0.05, 0) is 31.5 Å². The number of amides is 1. The lowest BCUT2D eigenvalue weighted by Gasteiger charge is -2.34. The molecule has 0 spiro atoms. The molecule has 0 radical (unpaired) electrons. The van der Waals surface area contributed by atoms with Crippen LogP contribution in [0.3, 0.4) is 0 Å². The second kappa shape index (κ2) is 6.04. The van der Waals surface area contributed by atoms with E-state index in [9.17, 15) is 13.2 Å². The standard InChI is InChI=1S/C13H18BrN3O3S/c1-8-7-16-3-4-17(8)13(18)11-5-10(14)6-12(9(11)2)21(15,19)20/h5-6,8,16H,3-4,7H2,1-2H3,(H2,15,19,20)/t8-/m1/s1. The number of nitrogens with one attached hydrogen (secondary N) is 1. The van der Waals surface area contributed by atoms with Crippen molar-refractivity contribution in [2.75, 3.05) is 19.6 Å². The van der Waals surface area contributed by atoms with Gasteiger partial charge in [-0.1, -0.05) is 15.9 Å². The number of rotatable bonds is 2. The highest BCUT2D eigenvalue weighted by atomic mass is 79.9. The molecule has 0 saturated carbocycles. The summed E-state index contributed by atoms with van der Waals surface area (Å²) in [7, 11) is -3.87. The molecule has 1 heterocycles. The first-order valence-corrected chi connectivity index (χ1v) is 8.90. The number of hydrogen-bond donors (Lipinski definition) is 2. The number of carbonyl (C=O) groups is 1. The Balaban J connectivity index is 2.49.